The fraction of sp³-hybridized carbons (Fsp3) is 0.600. The Morgan fingerprint density at radius 2 is 1.90 bits per heavy atom. The van der Waals surface area contributed by atoms with Gasteiger partial charge < -0.3 is 9.47 Å². The standard InChI is InChI=1S/C15H21ClO4S/c1-12-5-6-13(14(9-12)19-2)20-10-15(7-3-4-8-15)11-21(16,17)18/h5-6,9H,3-4,7-8,10-11H2,1-2H3. The number of methoxy groups -OCH3 is 1. The molecule has 2 rings (SSSR count). The SMILES string of the molecule is COc1cc(C)ccc1OCC1(CS(=O)(=O)Cl)CCCC1. The fourth-order valence-corrected chi connectivity index (χ4v) is 4.74. The van der Waals surface area contributed by atoms with E-state index in [4.69, 9.17) is 20.2 Å². The van der Waals surface area contributed by atoms with E-state index in [2.05, 4.69) is 0 Å². The minimum absolute atomic E-state index is 0.0320. The van der Waals surface area contributed by atoms with Crippen molar-refractivity contribution in [2.45, 2.75) is 32.6 Å². The number of rotatable bonds is 6. The minimum Gasteiger partial charge on any atom is -0.493 e. The van der Waals surface area contributed by atoms with Gasteiger partial charge in [-0.25, -0.2) is 8.42 Å². The summed E-state index contributed by atoms with van der Waals surface area (Å²) in [5.74, 6) is 1.27. The van der Waals surface area contributed by atoms with E-state index in [0.29, 0.717) is 18.1 Å². The number of hydrogen-bond donors (Lipinski definition) is 0. The summed E-state index contributed by atoms with van der Waals surface area (Å²) in [5, 5.41) is 0. The van der Waals surface area contributed by atoms with Crippen molar-refractivity contribution in [2.24, 2.45) is 5.41 Å². The normalized spacial score (nSPS) is 17.7. The van der Waals surface area contributed by atoms with Crippen LogP contribution in [0.25, 0.3) is 0 Å². The van der Waals surface area contributed by atoms with E-state index in [1.165, 1.54) is 0 Å². The van der Waals surface area contributed by atoms with Gasteiger partial charge in [0.25, 0.3) is 0 Å². The Balaban J connectivity index is 2.12. The van der Waals surface area contributed by atoms with Crippen molar-refractivity contribution in [3.63, 3.8) is 0 Å². The van der Waals surface area contributed by atoms with Crippen LogP contribution in [0.1, 0.15) is 31.2 Å². The monoisotopic (exact) mass is 332 g/mol. The van der Waals surface area contributed by atoms with Gasteiger partial charge >= 0.3 is 0 Å². The van der Waals surface area contributed by atoms with Gasteiger partial charge in [0.05, 0.1) is 19.5 Å². The van der Waals surface area contributed by atoms with Crippen LogP contribution in [0.3, 0.4) is 0 Å². The van der Waals surface area contributed by atoms with Crippen molar-refractivity contribution in [3.8, 4) is 11.5 Å². The van der Waals surface area contributed by atoms with Gasteiger partial charge in [0.1, 0.15) is 0 Å². The van der Waals surface area contributed by atoms with E-state index in [9.17, 15) is 8.42 Å². The van der Waals surface area contributed by atoms with Gasteiger partial charge in [-0.05, 0) is 37.5 Å². The van der Waals surface area contributed by atoms with Gasteiger partial charge in [0, 0.05) is 16.1 Å². The molecule has 0 atom stereocenters. The third kappa shape index (κ3) is 4.51. The first-order valence-electron chi connectivity index (χ1n) is 7.03. The quantitative estimate of drug-likeness (QED) is 0.748. The minimum atomic E-state index is -3.53. The summed E-state index contributed by atoms with van der Waals surface area (Å²) in [6.45, 7) is 2.32. The lowest BCUT2D eigenvalue weighted by Crippen LogP contribution is -2.32. The van der Waals surface area contributed by atoms with Crippen LogP contribution in [0, 0.1) is 12.3 Å². The van der Waals surface area contributed by atoms with Gasteiger partial charge in [-0.15, -0.1) is 0 Å². The molecule has 0 amide bonds. The molecule has 1 aliphatic rings. The van der Waals surface area contributed by atoms with Crippen LogP contribution in [-0.4, -0.2) is 27.9 Å². The Kier molecular flexibility index (Phi) is 5.04. The predicted octanol–water partition coefficient (Wildman–Crippen LogP) is 3.51. The zero-order chi connectivity index (χ0) is 15.5. The predicted molar refractivity (Wildman–Crippen MR) is 83.8 cm³/mol. The lowest BCUT2D eigenvalue weighted by Gasteiger charge is -2.27. The summed E-state index contributed by atoms with van der Waals surface area (Å²) in [5.41, 5.74) is 0.703. The molecule has 1 fully saturated rings. The Bertz CT molecular complexity index is 592. The van der Waals surface area contributed by atoms with E-state index in [1.807, 2.05) is 25.1 Å². The van der Waals surface area contributed by atoms with E-state index < -0.39 is 9.05 Å². The lowest BCUT2D eigenvalue weighted by molar-refractivity contribution is 0.166. The van der Waals surface area contributed by atoms with Crippen molar-refractivity contribution in [1.82, 2.24) is 0 Å². The van der Waals surface area contributed by atoms with Gasteiger partial charge in [0.2, 0.25) is 9.05 Å². The third-order valence-corrected chi connectivity index (χ3v) is 5.28. The molecule has 0 spiro atoms. The number of aryl methyl sites for hydroxylation is 1. The number of halogens is 1. The summed E-state index contributed by atoms with van der Waals surface area (Å²) < 4.78 is 34.1. The second kappa shape index (κ2) is 6.44. The molecule has 1 saturated carbocycles. The molecule has 21 heavy (non-hydrogen) atoms. The number of hydrogen-bond acceptors (Lipinski definition) is 4. The van der Waals surface area contributed by atoms with Crippen LogP contribution in [0.5, 0.6) is 11.5 Å². The van der Waals surface area contributed by atoms with Crippen molar-refractivity contribution >= 4 is 19.7 Å². The summed E-state index contributed by atoms with van der Waals surface area (Å²) >= 11 is 0. The van der Waals surface area contributed by atoms with E-state index in [0.717, 1.165) is 31.2 Å². The molecular formula is C15H21ClO4S. The molecule has 6 heteroatoms. The van der Waals surface area contributed by atoms with Gasteiger partial charge in [-0.2, -0.15) is 0 Å². The van der Waals surface area contributed by atoms with Crippen molar-refractivity contribution in [2.75, 3.05) is 19.5 Å². The van der Waals surface area contributed by atoms with Crippen LogP contribution in [-0.2, 0) is 9.05 Å². The largest absolute Gasteiger partial charge is 0.493 e. The molecule has 0 heterocycles. The second-order valence-corrected chi connectivity index (χ2v) is 8.61. The second-order valence-electron chi connectivity index (χ2n) is 5.83. The van der Waals surface area contributed by atoms with Gasteiger partial charge in [0.15, 0.2) is 11.5 Å². The maximum absolute atomic E-state index is 11.5. The molecule has 1 aromatic rings. The molecule has 0 radical (unpaired) electrons. The molecular weight excluding hydrogens is 312 g/mol. The Morgan fingerprint density at radius 1 is 1.24 bits per heavy atom. The number of benzene rings is 1. The first kappa shape index (κ1) is 16.4. The number of ether oxygens (including phenoxy) is 2. The summed E-state index contributed by atoms with van der Waals surface area (Å²) in [7, 11) is 3.52. The van der Waals surface area contributed by atoms with E-state index >= 15 is 0 Å². The molecule has 0 aliphatic heterocycles. The lowest BCUT2D eigenvalue weighted by atomic mass is 9.90. The highest BCUT2D eigenvalue weighted by Gasteiger charge is 2.38. The Morgan fingerprint density at radius 3 is 2.48 bits per heavy atom. The summed E-state index contributed by atoms with van der Waals surface area (Å²) in [6.07, 6.45) is 3.68. The fourth-order valence-electron chi connectivity index (χ4n) is 2.95. The zero-order valence-corrected chi connectivity index (χ0v) is 14.0. The highest BCUT2D eigenvalue weighted by molar-refractivity contribution is 8.13. The smallest absolute Gasteiger partial charge is 0.233 e. The Labute approximate surface area is 130 Å². The van der Waals surface area contributed by atoms with Crippen LogP contribution in [0.15, 0.2) is 18.2 Å². The molecule has 118 valence electrons. The first-order chi connectivity index (χ1) is 9.84. The molecule has 0 unspecified atom stereocenters. The molecule has 0 aromatic heterocycles. The molecule has 0 bridgehead atoms. The van der Waals surface area contributed by atoms with Crippen LogP contribution in [0.2, 0.25) is 0 Å². The highest BCUT2D eigenvalue weighted by atomic mass is 35.7. The third-order valence-electron chi connectivity index (χ3n) is 4.00. The average molecular weight is 333 g/mol. The van der Waals surface area contributed by atoms with Crippen molar-refractivity contribution in [3.05, 3.63) is 23.8 Å². The van der Waals surface area contributed by atoms with Crippen LogP contribution < -0.4 is 9.47 Å². The zero-order valence-electron chi connectivity index (χ0n) is 12.4. The van der Waals surface area contributed by atoms with Crippen LogP contribution >= 0.6 is 10.7 Å². The highest BCUT2D eigenvalue weighted by Crippen LogP contribution is 2.41. The van der Waals surface area contributed by atoms with E-state index in [1.54, 1.807) is 7.11 Å². The molecule has 0 N–H and O–H groups in total. The molecule has 1 aromatic carbocycles. The van der Waals surface area contributed by atoms with Gasteiger partial charge in [-0.1, -0.05) is 18.9 Å². The molecule has 1 aliphatic carbocycles. The maximum atomic E-state index is 11.5. The van der Waals surface area contributed by atoms with Gasteiger partial charge in [-0.3, -0.25) is 0 Å². The molecule has 0 saturated heterocycles. The Hall–Kier alpha value is -0.940. The van der Waals surface area contributed by atoms with Crippen molar-refractivity contribution < 1.29 is 17.9 Å². The topological polar surface area (TPSA) is 52.6 Å². The average Bonchev–Trinajstić information content (AvgIpc) is 2.83. The van der Waals surface area contributed by atoms with Crippen molar-refractivity contribution in [1.29, 1.82) is 0 Å². The van der Waals surface area contributed by atoms with Crippen LogP contribution in [0.4, 0.5) is 0 Å². The summed E-state index contributed by atoms with van der Waals surface area (Å²) in [4.78, 5) is 0. The van der Waals surface area contributed by atoms with E-state index in [-0.39, 0.29) is 11.2 Å². The maximum Gasteiger partial charge on any atom is 0.233 e. The first-order valence-corrected chi connectivity index (χ1v) is 9.51. The summed E-state index contributed by atoms with van der Waals surface area (Å²) in [6, 6.07) is 5.69. The molecule has 4 nitrogen and oxygen atoms in total.